The number of benzene rings is 2. The van der Waals surface area contributed by atoms with E-state index in [-0.39, 0.29) is 26.1 Å². The van der Waals surface area contributed by atoms with Crippen molar-refractivity contribution < 1.29 is 60.5 Å². The Morgan fingerprint density at radius 2 is 0.956 bits per heavy atom. The molecule has 2 aliphatic heterocycles. The first-order valence-corrected chi connectivity index (χ1v) is 14.8. The van der Waals surface area contributed by atoms with Crippen LogP contribution < -0.4 is 0 Å². The second-order valence-corrected chi connectivity index (χ2v) is 11.6. The number of hydrogen-bond acceptors (Lipinski definition) is 12. The van der Waals surface area contributed by atoms with Crippen LogP contribution in [0.4, 0.5) is 0 Å². The monoisotopic (exact) mass is 626 g/mol. The number of aliphatic hydroxyl groups excluding tert-OH is 10. The standard InChI is InChI=1S/C33H38O12/c34-11-9-33(10-12-35)21-13-17(3-7-23-27(38)31(42)29(40)25(15-36)44-23)1-5-19(21)20-6-2-18(14-22(20)33)4-8-24-28(39)32(43)30(41)26(16-37)45-24/h1-2,5-6,13-14,23-32,34-43H,9-12,15-16H2/t23?,24?,25?,26?,27?,28?,29-,30-,31?,32?/m1/s1. The minimum atomic E-state index is -1.55. The highest BCUT2D eigenvalue weighted by Gasteiger charge is 2.45. The van der Waals surface area contributed by atoms with Crippen LogP contribution in [-0.4, -0.2) is 139 Å². The van der Waals surface area contributed by atoms with Crippen LogP contribution in [0.5, 0.6) is 0 Å². The average Bonchev–Trinajstić information content (AvgIpc) is 3.30. The van der Waals surface area contributed by atoms with Gasteiger partial charge in [-0.25, -0.2) is 0 Å². The first kappa shape index (κ1) is 33.4. The molecule has 12 nitrogen and oxygen atoms in total. The highest BCUT2D eigenvalue weighted by molar-refractivity contribution is 5.82. The second kappa shape index (κ2) is 13.8. The third-order valence-corrected chi connectivity index (χ3v) is 8.94. The number of fused-ring (bicyclic) bond motifs is 3. The Labute approximate surface area is 259 Å². The smallest absolute Gasteiger partial charge is 0.147 e. The number of rotatable bonds is 6. The van der Waals surface area contributed by atoms with Gasteiger partial charge < -0.3 is 60.5 Å². The van der Waals surface area contributed by atoms with Crippen LogP contribution in [0.3, 0.4) is 0 Å². The van der Waals surface area contributed by atoms with Crippen LogP contribution in [0.2, 0.25) is 0 Å². The average molecular weight is 627 g/mol. The van der Waals surface area contributed by atoms with Crippen LogP contribution >= 0.6 is 0 Å². The number of ether oxygens (including phenoxy) is 2. The number of hydrogen-bond donors (Lipinski definition) is 10. The van der Waals surface area contributed by atoms with Gasteiger partial charge in [0.05, 0.1) is 13.2 Å². The molecule has 0 saturated carbocycles. The summed E-state index contributed by atoms with van der Waals surface area (Å²) < 4.78 is 11.0. The van der Waals surface area contributed by atoms with Gasteiger partial charge in [-0.2, -0.15) is 0 Å². The van der Waals surface area contributed by atoms with Gasteiger partial charge in [-0.15, -0.1) is 0 Å². The summed E-state index contributed by atoms with van der Waals surface area (Å²) >= 11 is 0. The topological polar surface area (TPSA) is 221 Å². The van der Waals surface area contributed by atoms with Crippen molar-refractivity contribution in [2.45, 2.75) is 79.3 Å². The van der Waals surface area contributed by atoms with E-state index >= 15 is 0 Å². The van der Waals surface area contributed by atoms with Crippen molar-refractivity contribution in [2.24, 2.45) is 0 Å². The molecule has 2 fully saturated rings. The predicted octanol–water partition coefficient (Wildman–Crippen LogP) is -2.89. The fourth-order valence-corrected chi connectivity index (χ4v) is 6.45. The molecule has 10 N–H and O–H groups in total. The number of aliphatic hydroxyl groups is 10. The fourth-order valence-electron chi connectivity index (χ4n) is 6.45. The normalized spacial score (nSPS) is 33.3. The summed E-state index contributed by atoms with van der Waals surface area (Å²) in [4.78, 5) is 0. The predicted molar refractivity (Wildman–Crippen MR) is 157 cm³/mol. The van der Waals surface area contributed by atoms with Crippen molar-refractivity contribution in [3.05, 3.63) is 58.7 Å². The summed E-state index contributed by atoms with van der Waals surface area (Å²) in [6.45, 7) is -1.53. The van der Waals surface area contributed by atoms with Gasteiger partial charge in [-0.3, -0.25) is 0 Å². The zero-order valence-electron chi connectivity index (χ0n) is 24.3. The largest absolute Gasteiger partial charge is 0.396 e. The molecular formula is C33H38O12. The lowest BCUT2D eigenvalue weighted by Crippen LogP contribution is -2.58. The summed E-state index contributed by atoms with van der Waals surface area (Å²) in [5, 5.41) is 100. The summed E-state index contributed by atoms with van der Waals surface area (Å²) in [6, 6.07) is 10.9. The molecule has 45 heavy (non-hydrogen) atoms. The Kier molecular flexibility index (Phi) is 10.3. The van der Waals surface area contributed by atoms with Gasteiger partial charge in [0, 0.05) is 29.8 Å². The Morgan fingerprint density at radius 3 is 1.31 bits per heavy atom. The van der Waals surface area contributed by atoms with Crippen molar-refractivity contribution >= 4 is 0 Å². The zero-order chi connectivity index (χ0) is 32.5. The van der Waals surface area contributed by atoms with Gasteiger partial charge in [0.2, 0.25) is 0 Å². The molecule has 2 aromatic carbocycles. The summed E-state index contributed by atoms with van der Waals surface area (Å²) in [5.74, 6) is 11.4. The maximum Gasteiger partial charge on any atom is 0.147 e. The minimum Gasteiger partial charge on any atom is -0.396 e. The molecular weight excluding hydrogens is 588 g/mol. The van der Waals surface area contributed by atoms with Gasteiger partial charge in [-0.1, -0.05) is 35.8 Å². The molecule has 0 spiro atoms. The van der Waals surface area contributed by atoms with Crippen molar-refractivity contribution in [1.29, 1.82) is 0 Å². The van der Waals surface area contributed by atoms with Gasteiger partial charge in [0.15, 0.2) is 0 Å². The minimum absolute atomic E-state index is 0.194. The third-order valence-electron chi connectivity index (χ3n) is 8.94. The van der Waals surface area contributed by atoms with Gasteiger partial charge in [0.25, 0.3) is 0 Å². The van der Waals surface area contributed by atoms with Gasteiger partial charge in [-0.05, 0) is 59.4 Å². The van der Waals surface area contributed by atoms with Crippen LogP contribution in [0, 0.1) is 23.7 Å². The quantitative estimate of drug-likeness (QED) is 0.146. The lowest BCUT2D eigenvalue weighted by atomic mass is 9.72. The van der Waals surface area contributed by atoms with Crippen LogP contribution in [-0.2, 0) is 14.9 Å². The summed E-state index contributed by atoms with van der Waals surface area (Å²) in [7, 11) is 0. The molecule has 12 heteroatoms. The van der Waals surface area contributed by atoms with E-state index < -0.39 is 79.7 Å². The highest BCUT2D eigenvalue weighted by Crippen LogP contribution is 2.53. The summed E-state index contributed by atoms with van der Waals surface area (Å²) in [6.07, 6.45) is -13.1. The molecule has 2 heterocycles. The van der Waals surface area contributed by atoms with Gasteiger partial charge >= 0.3 is 0 Å². The Morgan fingerprint density at radius 1 is 0.556 bits per heavy atom. The molecule has 2 saturated heterocycles. The molecule has 0 radical (unpaired) electrons. The Bertz CT molecular complexity index is 1370. The first-order chi connectivity index (χ1) is 21.6. The second-order valence-electron chi connectivity index (χ2n) is 11.6. The molecule has 0 aromatic heterocycles. The maximum absolute atomic E-state index is 10.4. The Hall–Kier alpha value is -2.92. The van der Waals surface area contributed by atoms with E-state index in [1.807, 2.05) is 24.3 Å². The van der Waals surface area contributed by atoms with Crippen molar-refractivity contribution in [3.8, 4) is 34.8 Å². The van der Waals surface area contributed by atoms with E-state index in [0.717, 1.165) is 22.3 Å². The maximum atomic E-state index is 10.4. The molecule has 8 unspecified atom stereocenters. The van der Waals surface area contributed by atoms with E-state index in [4.69, 9.17) is 9.47 Å². The van der Waals surface area contributed by atoms with E-state index in [1.54, 1.807) is 12.1 Å². The van der Waals surface area contributed by atoms with E-state index in [0.29, 0.717) is 11.1 Å². The van der Waals surface area contributed by atoms with Crippen molar-refractivity contribution in [3.63, 3.8) is 0 Å². The van der Waals surface area contributed by atoms with Crippen molar-refractivity contribution in [1.82, 2.24) is 0 Å². The SMILES string of the molecule is OCCC1(CCO)c2cc(C#CC3OC(CO)[C@@H](O)C(O)C3O)ccc2-c2ccc(C#CC3OC(CO)[C@@H](O)C(O)C3O)cc21. The summed E-state index contributed by atoms with van der Waals surface area (Å²) in [5.41, 5.74) is 3.57. The highest BCUT2D eigenvalue weighted by atomic mass is 16.5. The van der Waals surface area contributed by atoms with Crippen LogP contribution in [0.25, 0.3) is 11.1 Å². The van der Waals surface area contributed by atoms with E-state index in [9.17, 15) is 51.1 Å². The molecule has 0 amide bonds. The molecule has 2 aromatic rings. The van der Waals surface area contributed by atoms with Crippen molar-refractivity contribution in [2.75, 3.05) is 26.4 Å². The third kappa shape index (κ3) is 6.14. The first-order valence-electron chi connectivity index (χ1n) is 14.8. The molecule has 3 aliphatic rings. The van der Waals surface area contributed by atoms with Crippen LogP contribution in [0.1, 0.15) is 35.1 Å². The molecule has 1 aliphatic carbocycles. The van der Waals surface area contributed by atoms with Crippen LogP contribution in [0.15, 0.2) is 36.4 Å². The van der Waals surface area contributed by atoms with E-state index in [2.05, 4.69) is 23.7 Å². The lowest BCUT2D eigenvalue weighted by molar-refractivity contribution is -0.214. The molecule has 5 rings (SSSR count). The molecule has 0 bridgehead atoms. The Balaban J connectivity index is 1.49. The molecule has 10 atom stereocenters. The molecule has 242 valence electrons. The fraction of sp³-hybridized carbons (Fsp3) is 0.515. The van der Waals surface area contributed by atoms with E-state index in [1.165, 1.54) is 0 Å². The lowest BCUT2D eigenvalue weighted by Gasteiger charge is -2.37. The van der Waals surface area contributed by atoms with Gasteiger partial charge in [0.1, 0.15) is 61.0 Å². The zero-order valence-corrected chi connectivity index (χ0v) is 24.3.